The number of benzene rings is 5. The van der Waals surface area contributed by atoms with Gasteiger partial charge in [-0.3, -0.25) is 9.13 Å². The van der Waals surface area contributed by atoms with Gasteiger partial charge < -0.3 is 0 Å². The highest BCUT2D eigenvalue weighted by Gasteiger charge is 2.37. The van der Waals surface area contributed by atoms with Crippen molar-refractivity contribution in [2.45, 2.75) is 19.3 Å². The first-order chi connectivity index (χ1) is 21.8. The maximum atomic E-state index is 12.5. The Bertz CT molecular complexity index is 2330. The van der Waals surface area contributed by atoms with E-state index in [0.29, 0.717) is 17.5 Å². The lowest BCUT2D eigenvalue weighted by Crippen LogP contribution is -2.19. The molecule has 5 aromatic carbocycles. The fourth-order valence-electron chi connectivity index (χ4n) is 6.78. The minimum absolute atomic E-state index is 0.0338. The Balaban J connectivity index is 1.27. The average Bonchev–Trinajstić information content (AvgIpc) is 3.46. The molecule has 0 bridgehead atoms. The molecule has 7 aromatic rings. The monoisotopic (exact) mass is 585 g/mol. The summed E-state index contributed by atoms with van der Waals surface area (Å²) in [5, 5.41) is 0. The van der Waals surface area contributed by atoms with Crippen molar-refractivity contribution in [3.8, 4) is 56.4 Å². The number of fused-ring (bicyclic) bond motifs is 4. The summed E-state index contributed by atoms with van der Waals surface area (Å²) in [7, 11) is 3.61. The Labute approximate surface area is 261 Å². The third-order valence-electron chi connectivity index (χ3n) is 9.26. The number of nitrogens with zero attached hydrogens (tertiary/aromatic N) is 5. The van der Waals surface area contributed by atoms with E-state index < -0.39 is 0 Å². The van der Waals surface area contributed by atoms with Crippen LogP contribution < -0.4 is 5.69 Å². The van der Waals surface area contributed by atoms with Crippen molar-refractivity contribution in [1.29, 1.82) is 0 Å². The van der Waals surface area contributed by atoms with Crippen molar-refractivity contribution in [2.24, 2.45) is 14.1 Å². The van der Waals surface area contributed by atoms with Gasteiger partial charge in [-0.25, -0.2) is 19.7 Å². The van der Waals surface area contributed by atoms with Gasteiger partial charge >= 0.3 is 5.69 Å². The van der Waals surface area contributed by atoms with Crippen LogP contribution in [0.25, 0.3) is 67.5 Å². The van der Waals surface area contributed by atoms with Gasteiger partial charge in [0.25, 0.3) is 0 Å². The number of rotatable bonds is 4. The predicted octanol–water partition coefficient (Wildman–Crippen LogP) is 8.04. The fraction of sp³-hybridized carbons (Fsp3) is 0.128. The van der Waals surface area contributed by atoms with Crippen LogP contribution in [0.5, 0.6) is 0 Å². The van der Waals surface area contributed by atoms with Crippen LogP contribution in [0.3, 0.4) is 0 Å². The van der Waals surface area contributed by atoms with Crippen LogP contribution in [-0.2, 0) is 19.5 Å². The first-order valence-corrected chi connectivity index (χ1v) is 15.1. The summed E-state index contributed by atoms with van der Waals surface area (Å²) in [5.41, 5.74) is 11.6. The molecule has 218 valence electrons. The Morgan fingerprint density at radius 2 is 1.07 bits per heavy atom. The molecular formula is C39H31N5O. The van der Waals surface area contributed by atoms with E-state index in [9.17, 15) is 4.79 Å². The summed E-state index contributed by atoms with van der Waals surface area (Å²) in [6.45, 7) is 4.57. The zero-order valence-electron chi connectivity index (χ0n) is 25.6. The van der Waals surface area contributed by atoms with Crippen molar-refractivity contribution in [2.75, 3.05) is 0 Å². The predicted molar refractivity (Wildman–Crippen MR) is 181 cm³/mol. The van der Waals surface area contributed by atoms with E-state index >= 15 is 0 Å². The molecule has 0 saturated heterocycles. The van der Waals surface area contributed by atoms with Crippen molar-refractivity contribution in [1.82, 2.24) is 24.1 Å². The molecule has 6 nitrogen and oxygen atoms in total. The van der Waals surface area contributed by atoms with Gasteiger partial charge in [-0.2, -0.15) is 0 Å². The zero-order chi connectivity index (χ0) is 30.9. The Hall–Kier alpha value is -5.62. The molecule has 0 fully saturated rings. The maximum absolute atomic E-state index is 12.5. The molecular weight excluding hydrogens is 554 g/mol. The lowest BCUT2D eigenvalue weighted by Gasteiger charge is -2.21. The Morgan fingerprint density at radius 1 is 0.511 bits per heavy atom. The van der Waals surface area contributed by atoms with Gasteiger partial charge in [0.2, 0.25) is 0 Å². The summed E-state index contributed by atoms with van der Waals surface area (Å²) >= 11 is 0. The quantitative estimate of drug-likeness (QED) is 0.210. The van der Waals surface area contributed by atoms with Crippen LogP contribution in [0.2, 0.25) is 0 Å². The van der Waals surface area contributed by atoms with Gasteiger partial charge in [-0.1, -0.05) is 117 Å². The lowest BCUT2D eigenvalue weighted by molar-refractivity contribution is 0.660. The molecule has 0 atom stereocenters. The normalized spacial score (nSPS) is 13.2. The Morgan fingerprint density at radius 3 is 1.82 bits per heavy atom. The SMILES string of the molecule is Cn1c(=O)n(C)c2cc(-c3ccc(-c4nc(-c5ccccc5)nc(-c5cccc6c5-c5ccccc5C6(C)C)n4)cc3)ccc21. The third-order valence-corrected chi connectivity index (χ3v) is 9.26. The number of aryl methyl sites for hydroxylation is 2. The highest BCUT2D eigenvalue weighted by atomic mass is 16.1. The van der Waals surface area contributed by atoms with Crippen LogP contribution in [-0.4, -0.2) is 24.1 Å². The maximum Gasteiger partial charge on any atom is 0.328 e. The third kappa shape index (κ3) is 4.17. The number of hydrogen-bond acceptors (Lipinski definition) is 4. The molecule has 0 unspecified atom stereocenters. The number of hydrogen-bond donors (Lipinski definition) is 0. The molecule has 0 aliphatic heterocycles. The molecule has 1 aliphatic carbocycles. The molecule has 2 heterocycles. The second kappa shape index (κ2) is 9.96. The molecule has 0 amide bonds. The second-order valence-corrected chi connectivity index (χ2v) is 12.3. The van der Waals surface area contributed by atoms with Gasteiger partial charge in [-0.15, -0.1) is 0 Å². The summed E-state index contributed by atoms with van der Waals surface area (Å²) < 4.78 is 3.36. The zero-order valence-corrected chi connectivity index (χ0v) is 25.6. The minimum Gasteiger partial charge on any atom is -0.295 e. The molecule has 0 saturated carbocycles. The van der Waals surface area contributed by atoms with E-state index in [4.69, 9.17) is 15.0 Å². The largest absolute Gasteiger partial charge is 0.328 e. The van der Waals surface area contributed by atoms with Crippen molar-refractivity contribution in [3.63, 3.8) is 0 Å². The van der Waals surface area contributed by atoms with E-state index in [1.807, 2.05) is 43.4 Å². The molecule has 2 aromatic heterocycles. The minimum atomic E-state index is -0.120. The molecule has 1 aliphatic rings. The van der Waals surface area contributed by atoms with E-state index in [1.54, 1.807) is 16.2 Å². The Kier molecular flexibility index (Phi) is 5.97. The van der Waals surface area contributed by atoms with Gasteiger partial charge in [0, 0.05) is 36.2 Å². The molecule has 45 heavy (non-hydrogen) atoms. The molecule has 6 heteroatoms. The number of aromatic nitrogens is 5. The first-order valence-electron chi connectivity index (χ1n) is 15.1. The van der Waals surface area contributed by atoms with Crippen molar-refractivity contribution >= 4 is 11.0 Å². The molecule has 0 spiro atoms. The second-order valence-electron chi connectivity index (χ2n) is 12.3. The lowest BCUT2D eigenvalue weighted by atomic mass is 9.82. The molecule has 0 radical (unpaired) electrons. The summed E-state index contributed by atoms with van der Waals surface area (Å²) in [4.78, 5) is 27.6. The fourth-order valence-corrected chi connectivity index (χ4v) is 6.78. The van der Waals surface area contributed by atoms with Crippen molar-refractivity contribution < 1.29 is 0 Å². The van der Waals surface area contributed by atoms with Gasteiger partial charge in [-0.05, 0) is 45.5 Å². The van der Waals surface area contributed by atoms with Gasteiger partial charge in [0.1, 0.15) is 0 Å². The van der Waals surface area contributed by atoms with E-state index in [-0.39, 0.29) is 11.1 Å². The summed E-state index contributed by atoms with van der Waals surface area (Å²) in [5.74, 6) is 1.91. The first kappa shape index (κ1) is 27.0. The van der Waals surface area contributed by atoms with Crippen LogP contribution in [0, 0.1) is 0 Å². The average molecular weight is 586 g/mol. The van der Waals surface area contributed by atoms with Crippen LogP contribution >= 0.6 is 0 Å². The van der Waals surface area contributed by atoms with Gasteiger partial charge in [0.05, 0.1) is 11.0 Å². The number of imidazole rings is 1. The molecule has 0 N–H and O–H groups in total. The van der Waals surface area contributed by atoms with E-state index in [1.165, 1.54) is 22.3 Å². The van der Waals surface area contributed by atoms with Gasteiger partial charge in [0.15, 0.2) is 17.5 Å². The smallest absolute Gasteiger partial charge is 0.295 e. The summed E-state index contributed by atoms with van der Waals surface area (Å²) in [6.07, 6.45) is 0. The standard InChI is InChI=1S/C39H31N5O/c1-39(2)30-15-9-8-13-28(30)34-29(14-10-16-31(34)39)37-41-35(25-11-6-5-7-12-25)40-36(42-37)26-19-17-24(18-20-26)27-21-22-32-33(23-27)44(4)38(45)43(32)3/h5-23H,1-4H3. The highest BCUT2D eigenvalue weighted by molar-refractivity contribution is 5.91. The van der Waals surface area contributed by atoms with Crippen LogP contribution in [0.4, 0.5) is 0 Å². The van der Waals surface area contributed by atoms with Crippen LogP contribution in [0.1, 0.15) is 25.0 Å². The van der Waals surface area contributed by atoms with E-state index in [0.717, 1.165) is 38.9 Å². The highest BCUT2D eigenvalue weighted by Crippen LogP contribution is 2.51. The van der Waals surface area contributed by atoms with Crippen LogP contribution in [0.15, 0.2) is 120 Å². The molecule has 8 rings (SSSR count). The topological polar surface area (TPSA) is 65.6 Å². The summed E-state index contributed by atoms with van der Waals surface area (Å²) in [6, 6.07) is 39.6. The van der Waals surface area contributed by atoms with Crippen molar-refractivity contribution in [3.05, 3.63) is 137 Å². The van der Waals surface area contributed by atoms with E-state index in [2.05, 4.69) is 92.7 Å².